The van der Waals surface area contributed by atoms with Crippen molar-refractivity contribution in [2.75, 3.05) is 12.3 Å². The number of nitrogens with two attached hydrogens (primary N) is 1. The summed E-state index contributed by atoms with van der Waals surface area (Å²) in [6, 6.07) is 17.6. The Morgan fingerprint density at radius 3 is 2.29 bits per heavy atom. The summed E-state index contributed by atoms with van der Waals surface area (Å²) in [5, 5.41) is 2.56. The summed E-state index contributed by atoms with van der Waals surface area (Å²) in [6.07, 6.45) is 2.33. The molecule has 28 heavy (non-hydrogen) atoms. The smallest absolute Gasteiger partial charge is 0.312 e. The monoisotopic (exact) mass is 422 g/mol. The van der Waals surface area contributed by atoms with Gasteiger partial charge in [0, 0.05) is 23.2 Å². The number of urea groups is 1. The third kappa shape index (κ3) is 8.30. The van der Waals surface area contributed by atoms with Crippen molar-refractivity contribution in [3.8, 4) is 0 Å². The summed E-state index contributed by atoms with van der Waals surface area (Å²) in [4.78, 5) is 14.5. The molecule has 0 aliphatic rings. The number of unbranched alkanes of at least 4 members (excludes halogenated alkanes) is 1. The molecule has 0 heterocycles. The van der Waals surface area contributed by atoms with Crippen LogP contribution in [0.3, 0.4) is 0 Å². The highest BCUT2D eigenvalue weighted by Gasteiger charge is 2.16. The van der Waals surface area contributed by atoms with Gasteiger partial charge in [-0.2, -0.15) is 0 Å². The number of hydrazine groups is 1. The number of thioether (sulfide) groups is 1. The van der Waals surface area contributed by atoms with Crippen LogP contribution in [0.15, 0.2) is 70.5 Å². The molecule has 152 valence electrons. The average Bonchev–Trinajstić information content (AvgIpc) is 2.70. The van der Waals surface area contributed by atoms with Crippen molar-refractivity contribution in [2.45, 2.75) is 35.1 Å². The Morgan fingerprint density at radius 2 is 1.64 bits per heavy atom. The molecule has 7 nitrogen and oxygen atoms in total. The molecule has 2 rings (SSSR count). The number of carbonyl (C=O) groups is 1. The number of rotatable bonds is 12. The summed E-state index contributed by atoms with van der Waals surface area (Å²) < 4.78 is 24.8. The van der Waals surface area contributed by atoms with E-state index < -0.39 is 16.1 Å². The van der Waals surface area contributed by atoms with Gasteiger partial charge in [-0.05, 0) is 37.1 Å². The van der Waals surface area contributed by atoms with Gasteiger partial charge in [0.2, 0.25) is 0 Å². The van der Waals surface area contributed by atoms with E-state index >= 15 is 0 Å². The van der Waals surface area contributed by atoms with Crippen LogP contribution in [0.4, 0.5) is 4.79 Å². The number of sulfonamides is 1. The lowest BCUT2D eigenvalue weighted by molar-refractivity contribution is 0.248. The van der Waals surface area contributed by atoms with E-state index in [0.717, 1.165) is 24.2 Å². The summed E-state index contributed by atoms with van der Waals surface area (Å²) >= 11 is 1.66. The van der Waals surface area contributed by atoms with Gasteiger partial charge in [-0.15, -0.1) is 16.6 Å². The largest absolute Gasteiger partial charge is 0.352 e. The lowest BCUT2D eigenvalue weighted by Crippen LogP contribution is -2.45. The van der Waals surface area contributed by atoms with Crippen molar-refractivity contribution in [2.24, 2.45) is 5.73 Å². The van der Waals surface area contributed by atoms with E-state index in [1.54, 1.807) is 42.1 Å². The number of primary amides is 1. The number of amides is 2. The fourth-order valence-corrected chi connectivity index (χ4v) is 4.41. The van der Waals surface area contributed by atoms with Gasteiger partial charge in [-0.1, -0.05) is 42.8 Å². The molecule has 0 aliphatic carbocycles. The number of carbonyl (C=O) groups excluding carboxylic acids is 1. The normalized spacial score (nSPS) is 12.4. The molecule has 9 heteroatoms. The van der Waals surface area contributed by atoms with E-state index in [-0.39, 0.29) is 10.9 Å². The van der Waals surface area contributed by atoms with Crippen LogP contribution in [0.1, 0.15) is 19.3 Å². The predicted octanol–water partition coefficient (Wildman–Crippen LogP) is 2.47. The van der Waals surface area contributed by atoms with E-state index in [9.17, 15) is 13.2 Å². The molecule has 2 aromatic rings. The molecule has 0 radical (unpaired) electrons. The molecular weight excluding hydrogens is 396 g/mol. The minimum absolute atomic E-state index is 0.0720. The molecule has 0 bridgehead atoms. The highest BCUT2D eigenvalue weighted by Crippen LogP contribution is 2.19. The lowest BCUT2D eigenvalue weighted by atomic mass is 10.1. The topological polar surface area (TPSA) is 113 Å². The zero-order chi connectivity index (χ0) is 20.2. The van der Waals surface area contributed by atoms with Crippen LogP contribution < -0.4 is 21.3 Å². The number of hydrogen-bond acceptors (Lipinski definition) is 5. The maximum Gasteiger partial charge on any atom is 0.312 e. The molecule has 1 atom stereocenters. The maximum atomic E-state index is 12.4. The molecule has 2 amide bonds. The molecule has 0 saturated heterocycles. The van der Waals surface area contributed by atoms with Crippen LogP contribution in [0.2, 0.25) is 0 Å². The van der Waals surface area contributed by atoms with Gasteiger partial charge in [-0.25, -0.2) is 18.6 Å². The first-order chi connectivity index (χ1) is 13.5. The molecule has 0 aliphatic heterocycles. The molecule has 0 fully saturated rings. The Labute approximate surface area is 170 Å². The van der Waals surface area contributed by atoms with Crippen molar-refractivity contribution in [3.63, 3.8) is 0 Å². The van der Waals surface area contributed by atoms with Gasteiger partial charge in [0.05, 0.1) is 4.90 Å². The Hall–Kier alpha value is -2.07. The Kier molecular flexibility index (Phi) is 9.29. The lowest BCUT2D eigenvalue weighted by Gasteiger charge is -2.19. The van der Waals surface area contributed by atoms with Crippen molar-refractivity contribution in [1.29, 1.82) is 0 Å². The second-order valence-electron chi connectivity index (χ2n) is 6.17. The van der Waals surface area contributed by atoms with E-state index in [4.69, 9.17) is 5.73 Å². The van der Waals surface area contributed by atoms with E-state index in [1.165, 1.54) is 0 Å². The van der Waals surface area contributed by atoms with Gasteiger partial charge in [-0.3, -0.25) is 0 Å². The molecule has 5 N–H and O–H groups in total. The van der Waals surface area contributed by atoms with Crippen LogP contribution in [-0.2, 0) is 10.0 Å². The Morgan fingerprint density at radius 1 is 1.00 bits per heavy atom. The van der Waals surface area contributed by atoms with Gasteiger partial charge in [0.25, 0.3) is 10.0 Å². The van der Waals surface area contributed by atoms with Crippen molar-refractivity contribution in [3.05, 3.63) is 60.7 Å². The van der Waals surface area contributed by atoms with Gasteiger partial charge >= 0.3 is 6.03 Å². The van der Waals surface area contributed by atoms with Crippen molar-refractivity contribution in [1.82, 2.24) is 15.6 Å². The minimum Gasteiger partial charge on any atom is -0.352 e. The van der Waals surface area contributed by atoms with Crippen LogP contribution in [-0.4, -0.2) is 32.8 Å². The number of nitrogens with one attached hydrogen (secondary N) is 3. The van der Waals surface area contributed by atoms with E-state index in [1.807, 2.05) is 30.3 Å². The van der Waals surface area contributed by atoms with Crippen LogP contribution >= 0.6 is 11.8 Å². The maximum absolute atomic E-state index is 12.4. The Bertz CT molecular complexity index is 818. The highest BCUT2D eigenvalue weighted by molar-refractivity contribution is 7.99. The average molecular weight is 423 g/mol. The third-order valence-electron chi connectivity index (χ3n) is 3.92. The van der Waals surface area contributed by atoms with Gasteiger partial charge < -0.3 is 11.1 Å². The minimum atomic E-state index is -3.63. The highest BCUT2D eigenvalue weighted by atomic mass is 32.2. The van der Waals surface area contributed by atoms with E-state index in [2.05, 4.69) is 15.6 Å². The summed E-state index contributed by atoms with van der Waals surface area (Å²) in [6.45, 7) is 0.504. The quantitative estimate of drug-likeness (QED) is 0.238. The zero-order valence-electron chi connectivity index (χ0n) is 15.5. The second-order valence-corrected chi connectivity index (χ2v) is 8.95. The number of benzene rings is 2. The molecule has 2 aromatic carbocycles. The second kappa shape index (κ2) is 11.7. The third-order valence-corrected chi connectivity index (χ3v) is 6.38. The fourth-order valence-electron chi connectivity index (χ4n) is 2.46. The SMILES string of the molecule is NC(=O)NCCCCC(CSc1ccccc1)NNS(=O)(=O)c1ccccc1. The predicted molar refractivity (Wildman–Crippen MR) is 112 cm³/mol. The first kappa shape index (κ1) is 22.2. The van der Waals surface area contributed by atoms with Crippen LogP contribution in [0.25, 0.3) is 0 Å². The van der Waals surface area contributed by atoms with Gasteiger partial charge in [0.1, 0.15) is 0 Å². The summed E-state index contributed by atoms with van der Waals surface area (Å²) in [7, 11) is -3.63. The van der Waals surface area contributed by atoms with Gasteiger partial charge in [0.15, 0.2) is 0 Å². The van der Waals surface area contributed by atoms with Crippen molar-refractivity contribution >= 4 is 27.8 Å². The molecule has 1 unspecified atom stereocenters. The molecular formula is C19H26N4O3S2. The first-order valence-corrected chi connectivity index (χ1v) is 11.5. The summed E-state index contributed by atoms with van der Waals surface area (Å²) in [5.74, 6) is 0.699. The molecule has 0 saturated carbocycles. The number of hydrogen-bond donors (Lipinski definition) is 4. The molecule has 0 spiro atoms. The van der Waals surface area contributed by atoms with Crippen molar-refractivity contribution < 1.29 is 13.2 Å². The Balaban J connectivity index is 1.89. The fraction of sp³-hybridized carbons (Fsp3) is 0.316. The van der Waals surface area contributed by atoms with Crippen LogP contribution in [0, 0.1) is 0 Å². The summed E-state index contributed by atoms with van der Waals surface area (Å²) in [5.41, 5.74) is 8.01. The van der Waals surface area contributed by atoms with E-state index in [0.29, 0.717) is 12.3 Å². The van der Waals surface area contributed by atoms with Crippen LogP contribution in [0.5, 0.6) is 0 Å². The standard InChI is InChI=1S/C19H26N4O3S2/c20-19(24)21-14-8-7-9-16(15-27-17-10-3-1-4-11-17)22-23-28(25,26)18-12-5-2-6-13-18/h1-6,10-13,16,22-23H,7-9,14-15H2,(H3,20,21,24). The first-order valence-electron chi connectivity index (χ1n) is 9.01. The molecule has 0 aromatic heterocycles. The zero-order valence-corrected chi connectivity index (χ0v) is 17.1.